The number of rotatable bonds is 4. The Morgan fingerprint density at radius 1 is 1.21 bits per heavy atom. The summed E-state index contributed by atoms with van der Waals surface area (Å²) < 4.78 is 0. The maximum absolute atomic E-state index is 5.72. The van der Waals surface area contributed by atoms with Gasteiger partial charge in [-0.1, -0.05) is 18.8 Å². The van der Waals surface area contributed by atoms with Crippen LogP contribution in [0.3, 0.4) is 0 Å². The van der Waals surface area contributed by atoms with Crippen LogP contribution in [0.25, 0.3) is 0 Å². The van der Waals surface area contributed by atoms with Crippen LogP contribution < -0.4 is 57.1 Å². The molecule has 1 nitrogen and oxygen atoms in total. The van der Waals surface area contributed by atoms with Gasteiger partial charge in [0.1, 0.15) is 0 Å². The molecule has 2 atom stereocenters. The fourth-order valence-corrected chi connectivity index (χ4v) is 2.59. The zero-order valence-electron chi connectivity index (χ0n) is 9.67. The molecule has 2 heteroatoms. The van der Waals surface area contributed by atoms with Crippen LogP contribution in [-0.2, 0) is 0 Å². The third-order valence-corrected chi connectivity index (χ3v) is 3.56. The monoisotopic (exact) mass is 220 g/mol. The topological polar surface area (TPSA) is 26.0 Å². The van der Waals surface area contributed by atoms with Crippen LogP contribution in [0.15, 0.2) is 0 Å². The minimum absolute atomic E-state index is 0. The molecule has 1 aliphatic carbocycles. The van der Waals surface area contributed by atoms with Crippen molar-refractivity contribution >= 4 is 0 Å². The Kier molecular flexibility index (Phi) is 9.71. The first-order valence-electron chi connectivity index (χ1n) is 5.60. The second-order valence-electron chi connectivity index (χ2n) is 4.37. The van der Waals surface area contributed by atoms with E-state index in [1.54, 1.807) is 0 Å². The normalized spacial score (nSPS) is 27.4. The summed E-state index contributed by atoms with van der Waals surface area (Å²) in [6.45, 7) is 8.90. The van der Waals surface area contributed by atoms with Crippen LogP contribution in [0.4, 0.5) is 0 Å². The van der Waals surface area contributed by atoms with Crippen LogP contribution in [0.2, 0.25) is 0 Å². The molecule has 1 saturated carbocycles. The molecule has 0 saturated heterocycles. The predicted octanol–water partition coefficient (Wildman–Crippen LogP) is -0.180. The Labute approximate surface area is 132 Å². The molecule has 0 aliphatic heterocycles. The van der Waals surface area contributed by atoms with Gasteiger partial charge in [0.05, 0.1) is 0 Å². The van der Waals surface area contributed by atoms with Gasteiger partial charge in [-0.25, -0.2) is 0 Å². The molecule has 2 N–H and O–H groups in total. The van der Waals surface area contributed by atoms with E-state index in [0.717, 1.165) is 37.1 Å². The van der Waals surface area contributed by atoms with Crippen LogP contribution in [-0.4, -0.2) is 6.54 Å². The van der Waals surface area contributed by atoms with Crippen molar-refractivity contribution < 1.29 is 51.4 Å². The van der Waals surface area contributed by atoms with Crippen LogP contribution >= 0.6 is 0 Å². The molecule has 1 aliphatic rings. The molecule has 0 amide bonds. The van der Waals surface area contributed by atoms with Crippen molar-refractivity contribution in [2.75, 3.05) is 6.54 Å². The van der Waals surface area contributed by atoms with E-state index in [1.807, 2.05) is 0 Å². The van der Waals surface area contributed by atoms with Gasteiger partial charge in [0.25, 0.3) is 0 Å². The van der Waals surface area contributed by atoms with E-state index in [1.165, 1.54) is 25.7 Å². The van der Waals surface area contributed by atoms with Gasteiger partial charge in [0, 0.05) is 0 Å². The van der Waals surface area contributed by atoms with Gasteiger partial charge < -0.3 is 19.6 Å². The minimum Gasteiger partial charge on any atom is -0.343 e. The SMILES string of the molecule is [CH2-]CC(C[CH2-])C1CCCC(CN)C1.[K+]. The Hall–Kier alpha value is 1.60. The third-order valence-electron chi connectivity index (χ3n) is 3.56. The zero-order valence-corrected chi connectivity index (χ0v) is 12.8. The maximum Gasteiger partial charge on any atom is 1.00 e. The van der Waals surface area contributed by atoms with E-state index in [-0.39, 0.29) is 51.4 Å². The van der Waals surface area contributed by atoms with Gasteiger partial charge in [-0.05, 0) is 31.2 Å². The maximum atomic E-state index is 5.72. The van der Waals surface area contributed by atoms with E-state index < -0.39 is 0 Å². The Bertz CT molecular complexity index is 134. The van der Waals surface area contributed by atoms with Gasteiger partial charge in [-0.3, -0.25) is 0 Å². The molecule has 14 heavy (non-hydrogen) atoms. The summed E-state index contributed by atoms with van der Waals surface area (Å²) in [4.78, 5) is 0. The van der Waals surface area contributed by atoms with Crippen molar-refractivity contribution in [3.8, 4) is 0 Å². The van der Waals surface area contributed by atoms with Crippen molar-refractivity contribution in [2.45, 2.75) is 38.5 Å². The minimum atomic E-state index is 0. The molecule has 0 aromatic heterocycles. The Morgan fingerprint density at radius 2 is 1.86 bits per heavy atom. The zero-order chi connectivity index (χ0) is 9.68. The first-order chi connectivity index (χ1) is 6.31. The van der Waals surface area contributed by atoms with Gasteiger partial charge in [-0.2, -0.15) is 12.8 Å². The van der Waals surface area contributed by atoms with Crippen LogP contribution in [0.1, 0.15) is 38.5 Å². The van der Waals surface area contributed by atoms with E-state index >= 15 is 0 Å². The largest absolute Gasteiger partial charge is 1.00 e. The van der Waals surface area contributed by atoms with Crippen molar-refractivity contribution in [2.24, 2.45) is 23.5 Å². The summed E-state index contributed by atoms with van der Waals surface area (Å²) in [5, 5.41) is 0. The van der Waals surface area contributed by atoms with Crippen molar-refractivity contribution in [3.63, 3.8) is 0 Å². The molecule has 1 rings (SSSR count). The summed E-state index contributed by atoms with van der Waals surface area (Å²) >= 11 is 0. The van der Waals surface area contributed by atoms with E-state index in [0.29, 0.717) is 0 Å². The summed E-state index contributed by atoms with van der Waals surface area (Å²) in [6, 6.07) is 0. The molecule has 0 radical (unpaired) electrons. The molecule has 0 bridgehead atoms. The fraction of sp³-hybridized carbons (Fsp3) is 0.833. The van der Waals surface area contributed by atoms with E-state index in [2.05, 4.69) is 13.8 Å². The fourth-order valence-electron chi connectivity index (χ4n) is 2.59. The average Bonchev–Trinajstić information content (AvgIpc) is 2.20. The Balaban J connectivity index is 0.00000169. The van der Waals surface area contributed by atoms with Crippen LogP contribution in [0.5, 0.6) is 0 Å². The van der Waals surface area contributed by atoms with Crippen LogP contribution in [0, 0.1) is 31.6 Å². The second-order valence-corrected chi connectivity index (χ2v) is 4.37. The molecule has 0 aromatic carbocycles. The molecular formula is C12H23KN-. The number of nitrogens with two attached hydrogens (primary N) is 1. The first-order valence-corrected chi connectivity index (χ1v) is 5.60. The molecule has 0 spiro atoms. The second kappa shape index (κ2) is 8.71. The average molecular weight is 220 g/mol. The summed E-state index contributed by atoms with van der Waals surface area (Å²) in [7, 11) is 0. The molecular weight excluding hydrogens is 197 g/mol. The summed E-state index contributed by atoms with van der Waals surface area (Å²) in [5.74, 6) is 2.38. The molecule has 2 unspecified atom stereocenters. The Morgan fingerprint density at radius 3 is 2.36 bits per heavy atom. The van der Waals surface area contributed by atoms with Gasteiger partial charge >= 0.3 is 51.4 Å². The number of hydrogen-bond donors (Lipinski definition) is 1. The summed E-state index contributed by atoms with van der Waals surface area (Å²) in [5.41, 5.74) is 5.72. The quantitative estimate of drug-likeness (QED) is 0.516. The third kappa shape index (κ3) is 4.63. The molecule has 0 aromatic rings. The van der Waals surface area contributed by atoms with Gasteiger partial charge in [0.15, 0.2) is 0 Å². The standard InChI is InChI=1S/C12H23N.K/c1-3-11(4-2)12-7-5-6-10(8-12)9-13;/h10-12H,1-9,13H2;/q-2;+1. The van der Waals surface area contributed by atoms with Crippen molar-refractivity contribution in [3.05, 3.63) is 13.8 Å². The molecule has 0 heterocycles. The van der Waals surface area contributed by atoms with E-state index in [9.17, 15) is 0 Å². The first kappa shape index (κ1) is 15.6. The number of hydrogen-bond acceptors (Lipinski definition) is 1. The molecule has 1 fully saturated rings. The van der Waals surface area contributed by atoms with Crippen molar-refractivity contribution in [1.29, 1.82) is 0 Å². The smallest absolute Gasteiger partial charge is 0.343 e. The molecule has 78 valence electrons. The summed E-state index contributed by atoms with van der Waals surface area (Å²) in [6.07, 6.45) is 7.51. The van der Waals surface area contributed by atoms with Crippen molar-refractivity contribution in [1.82, 2.24) is 0 Å². The van der Waals surface area contributed by atoms with E-state index in [4.69, 9.17) is 5.73 Å². The van der Waals surface area contributed by atoms with Gasteiger partial charge in [0.2, 0.25) is 0 Å². The predicted molar refractivity (Wildman–Crippen MR) is 57.9 cm³/mol. The van der Waals surface area contributed by atoms with Gasteiger partial charge in [-0.15, -0.1) is 0 Å².